The number of anilines is 1. The van der Waals surface area contributed by atoms with Crippen molar-refractivity contribution in [3.63, 3.8) is 0 Å². The topological polar surface area (TPSA) is 97.3 Å². The third-order valence-electron chi connectivity index (χ3n) is 5.89. The van der Waals surface area contributed by atoms with Gasteiger partial charge in [-0.25, -0.2) is 13.8 Å². The predicted octanol–water partition coefficient (Wildman–Crippen LogP) is 5.97. The number of amides is 1. The van der Waals surface area contributed by atoms with Crippen molar-refractivity contribution in [1.29, 1.82) is 0 Å². The van der Waals surface area contributed by atoms with Crippen molar-refractivity contribution in [3.8, 4) is 11.5 Å². The third-order valence-corrected chi connectivity index (χ3v) is 7.92. The number of hydrazone groups is 1. The first kappa shape index (κ1) is 29.6. The number of nitrogens with zero attached hydrogens (tertiary/aromatic N) is 2. The molecule has 0 saturated heterocycles. The second-order valence-corrected chi connectivity index (χ2v) is 11.3. The van der Waals surface area contributed by atoms with Gasteiger partial charge in [0.2, 0.25) is 0 Å². The zero-order chi connectivity index (χ0) is 29.2. The number of carbonyl (C=O) groups is 1. The number of rotatable bonds is 12. The molecule has 0 spiro atoms. The number of nitrogens with one attached hydrogen (secondary N) is 1. The quantitative estimate of drug-likeness (QED) is 0.162. The number of aryl methyl sites for hydroxylation is 1. The maximum absolute atomic E-state index is 13.4. The SMILES string of the molecule is CCOc1cc(/C=N\NC(=O)CN(c2ccccc2)S(=O)(=O)c2ccc(C)cc2)ccc1OCc1cccc(Cl)c1. The molecule has 0 atom stereocenters. The first-order valence-electron chi connectivity index (χ1n) is 12.9. The van der Waals surface area contributed by atoms with E-state index in [1.54, 1.807) is 66.7 Å². The fraction of sp³-hybridized carbons (Fsp3) is 0.161. The lowest BCUT2D eigenvalue weighted by Gasteiger charge is -2.23. The van der Waals surface area contributed by atoms with E-state index in [0.717, 1.165) is 15.4 Å². The highest BCUT2D eigenvalue weighted by molar-refractivity contribution is 7.92. The van der Waals surface area contributed by atoms with Crippen molar-refractivity contribution < 1.29 is 22.7 Å². The van der Waals surface area contributed by atoms with Gasteiger partial charge < -0.3 is 9.47 Å². The number of hydrogen-bond donors (Lipinski definition) is 1. The summed E-state index contributed by atoms with van der Waals surface area (Å²) in [4.78, 5) is 12.9. The fourth-order valence-corrected chi connectivity index (χ4v) is 5.51. The molecule has 212 valence electrons. The summed E-state index contributed by atoms with van der Waals surface area (Å²) in [7, 11) is -4.01. The molecule has 8 nitrogen and oxygen atoms in total. The van der Waals surface area contributed by atoms with Crippen LogP contribution in [0.1, 0.15) is 23.6 Å². The third kappa shape index (κ3) is 8.09. The van der Waals surface area contributed by atoms with Crippen LogP contribution in [0.2, 0.25) is 5.02 Å². The highest BCUT2D eigenvalue weighted by Crippen LogP contribution is 2.29. The van der Waals surface area contributed by atoms with Crippen molar-refractivity contribution in [1.82, 2.24) is 5.43 Å². The van der Waals surface area contributed by atoms with Crippen LogP contribution in [0.5, 0.6) is 11.5 Å². The van der Waals surface area contributed by atoms with E-state index < -0.39 is 22.5 Å². The molecule has 0 aliphatic heterocycles. The molecule has 0 saturated carbocycles. The van der Waals surface area contributed by atoms with Crippen molar-refractivity contribution in [2.24, 2.45) is 5.10 Å². The summed E-state index contributed by atoms with van der Waals surface area (Å²) in [5.41, 5.74) is 5.28. The second kappa shape index (κ2) is 13.8. The van der Waals surface area contributed by atoms with Gasteiger partial charge in [-0.3, -0.25) is 9.10 Å². The normalized spacial score (nSPS) is 11.3. The van der Waals surface area contributed by atoms with Gasteiger partial charge in [-0.2, -0.15) is 5.10 Å². The van der Waals surface area contributed by atoms with Gasteiger partial charge in [-0.1, -0.05) is 59.6 Å². The molecular formula is C31H30ClN3O5S. The molecule has 4 aromatic carbocycles. The number of halogens is 1. The number of hydrogen-bond acceptors (Lipinski definition) is 6. The molecule has 10 heteroatoms. The lowest BCUT2D eigenvalue weighted by atomic mass is 10.2. The molecule has 0 aromatic heterocycles. The molecule has 0 radical (unpaired) electrons. The smallest absolute Gasteiger partial charge is 0.264 e. The zero-order valence-electron chi connectivity index (χ0n) is 22.7. The highest BCUT2D eigenvalue weighted by atomic mass is 35.5. The number of para-hydroxylation sites is 1. The Labute approximate surface area is 245 Å². The summed E-state index contributed by atoms with van der Waals surface area (Å²) in [6.07, 6.45) is 1.45. The van der Waals surface area contributed by atoms with E-state index in [-0.39, 0.29) is 4.90 Å². The first-order chi connectivity index (χ1) is 19.8. The molecule has 4 rings (SSSR count). The number of benzene rings is 4. The average Bonchev–Trinajstić information content (AvgIpc) is 2.96. The van der Waals surface area contributed by atoms with Gasteiger partial charge in [0.05, 0.1) is 23.4 Å². The van der Waals surface area contributed by atoms with Crippen molar-refractivity contribution in [2.75, 3.05) is 17.5 Å². The molecular weight excluding hydrogens is 562 g/mol. The minimum Gasteiger partial charge on any atom is -0.490 e. The van der Waals surface area contributed by atoms with Crippen LogP contribution in [0, 0.1) is 6.92 Å². The second-order valence-electron chi connectivity index (χ2n) is 9.01. The Morgan fingerprint density at radius 2 is 1.68 bits per heavy atom. The number of sulfonamides is 1. The van der Waals surface area contributed by atoms with Crippen molar-refractivity contribution in [3.05, 3.63) is 119 Å². The molecule has 4 aromatic rings. The van der Waals surface area contributed by atoms with Gasteiger partial charge in [0.15, 0.2) is 11.5 Å². The highest BCUT2D eigenvalue weighted by Gasteiger charge is 2.27. The summed E-state index contributed by atoms with van der Waals surface area (Å²) >= 11 is 6.06. The molecule has 0 aliphatic carbocycles. The van der Waals surface area contributed by atoms with Crippen LogP contribution in [0.3, 0.4) is 0 Å². The number of carbonyl (C=O) groups excluding carboxylic acids is 1. The summed E-state index contributed by atoms with van der Waals surface area (Å²) in [5, 5.41) is 4.66. The molecule has 1 N–H and O–H groups in total. The van der Waals surface area contributed by atoms with Crippen molar-refractivity contribution >= 4 is 39.4 Å². The van der Waals surface area contributed by atoms with Gasteiger partial charge >= 0.3 is 0 Å². The lowest BCUT2D eigenvalue weighted by Crippen LogP contribution is -2.39. The summed E-state index contributed by atoms with van der Waals surface area (Å²) in [5.74, 6) is 0.462. The van der Waals surface area contributed by atoms with Crippen LogP contribution < -0.4 is 19.2 Å². The summed E-state index contributed by atoms with van der Waals surface area (Å²) < 4.78 is 39.6. The van der Waals surface area contributed by atoms with E-state index in [1.807, 2.05) is 32.0 Å². The van der Waals surface area contributed by atoms with E-state index in [2.05, 4.69) is 10.5 Å². The first-order valence-corrected chi connectivity index (χ1v) is 14.7. The molecule has 41 heavy (non-hydrogen) atoms. The molecule has 0 bridgehead atoms. The van der Waals surface area contributed by atoms with Crippen LogP contribution >= 0.6 is 11.6 Å². The monoisotopic (exact) mass is 591 g/mol. The zero-order valence-corrected chi connectivity index (χ0v) is 24.2. The Morgan fingerprint density at radius 1 is 0.927 bits per heavy atom. The van der Waals surface area contributed by atoms with E-state index in [4.69, 9.17) is 21.1 Å². The number of ether oxygens (including phenoxy) is 2. The maximum atomic E-state index is 13.4. The van der Waals surface area contributed by atoms with Gasteiger partial charge in [-0.15, -0.1) is 0 Å². The van der Waals surface area contributed by atoms with Gasteiger partial charge in [0, 0.05) is 5.02 Å². The summed E-state index contributed by atoms with van der Waals surface area (Å²) in [6.45, 7) is 4.02. The van der Waals surface area contributed by atoms with Crippen LogP contribution in [0.15, 0.2) is 107 Å². The Hall–Kier alpha value is -4.34. The summed E-state index contributed by atoms with van der Waals surface area (Å²) in [6, 6.07) is 27.6. The van der Waals surface area contributed by atoms with Crippen LogP contribution in [-0.2, 0) is 21.4 Å². The molecule has 1 amide bonds. The maximum Gasteiger partial charge on any atom is 0.264 e. The Morgan fingerprint density at radius 3 is 2.39 bits per heavy atom. The van der Waals surface area contributed by atoms with Gasteiger partial charge in [0.1, 0.15) is 13.2 Å². The predicted molar refractivity (Wildman–Crippen MR) is 161 cm³/mol. The Kier molecular flexibility index (Phi) is 10.00. The Bertz CT molecular complexity index is 1610. The van der Waals surface area contributed by atoms with Gasteiger partial charge in [-0.05, 0) is 79.6 Å². The minimum absolute atomic E-state index is 0.0874. The van der Waals surface area contributed by atoms with Gasteiger partial charge in [0.25, 0.3) is 15.9 Å². The van der Waals surface area contributed by atoms with E-state index in [9.17, 15) is 13.2 Å². The van der Waals surface area contributed by atoms with Crippen molar-refractivity contribution in [2.45, 2.75) is 25.3 Å². The van der Waals surface area contributed by atoms with Crippen LogP contribution in [0.25, 0.3) is 0 Å². The molecule has 0 aliphatic rings. The average molecular weight is 592 g/mol. The molecule has 0 heterocycles. The molecule has 0 fully saturated rings. The largest absolute Gasteiger partial charge is 0.490 e. The van der Waals surface area contributed by atoms with E-state index in [1.165, 1.54) is 18.3 Å². The van der Waals surface area contributed by atoms with E-state index >= 15 is 0 Å². The van der Waals surface area contributed by atoms with E-state index in [0.29, 0.717) is 41.0 Å². The van der Waals surface area contributed by atoms with Crippen LogP contribution in [0.4, 0.5) is 5.69 Å². The minimum atomic E-state index is -4.01. The standard InChI is InChI=1S/C31H30ClN3O5S/c1-3-39-30-19-24(14-17-29(30)40-22-25-8-7-9-26(32)18-25)20-33-34-31(36)21-35(27-10-5-4-6-11-27)41(37,38)28-15-12-23(2)13-16-28/h4-20H,3,21-22H2,1-2H3,(H,34,36)/b33-20-. The van der Waals surface area contributed by atoms with Crippen LogP contribution in [-0.4, -0.2) is 33.7 Å². The lowest BCUT2D eigenvalue weighted by molar-refractivity contribution is -0.119. The Balaban J connectivity index is 1.45. The molecule has 0 unspecified atom stereocenters. The fourth-order valence-electron chi connectivity index (χ4n) is 3.87.